The maximum Gasteiger partial charge on any atom is 0.255 e. The number of amides is 3. The zero-order chi connectivity index (χ0) is 24.0. The van der Waals surface area contributed by atoms with Crippen LogP contribution in [0.3, 0.4) is 0 Å². The number of aryl methyl sites for hydroxylation is 1. The molecule has 2 fully saturated rings. The molecule has 7 nitrogen and oxygen atoms in total. The van der Waals surface area contributed by atoms with Crippen molar-refractivity contribution in [3.05, 3.63) is 64.2 Å². The van der Waals surface area contributed by atoms with Crippen molar-refractivity contribution in [2.75, 3.05) is 31.1 Å². The molecule has 3 aliphatic rings. The van der Waals surface area contributed by atoms with Gasteiger partial charge in [0.25, 0.3) is 5.91 Å². The topological polar surface area (TPSA) is 73.0 Å². The summed E-state index contributed by atoms with van der Waals surface area (Å²) in [6, 6.07) is 6.98. The summed E-state index contributed by atoms with van der Waals surface area (Å²) in [5, 5.41) is 2.29. The van der Waals surface area contributed by atoms with Crippen molar-refractivity contribution in [1.29, 1.82) is 0 Å². The van der Waals surface area contributed by atoms with Crippen LogP contribution >= 0.6 is 0 Å². The number of hydrogen-bond donors (Lipinski definition) is 1. The number of halogens is 2. The van der Waals surface area contributed by atoms with E-state index in [1.165, 1.54) is 23.1 Å². The van der Waals surface area contributed by atoms with Gasteiger partial charge in [0.05, 0.1) is 0 Å². The smallest absolute Gasteiger partial charge is 0.255 e. The molecule has 3 heterocycles. The largest absolute Gasteiger partial charge is 0.369 e. The standard InChI is InChI=1S/C25H26F2N4O3/c1-15-8-16(10-17(26)9-15)13-29-4-6-30(7-5-29)22-12-18(27)11-19-20(22)14-31(25(19)34)21-2-3-23(32)28-24(21)33/h8-12,21H,2-7,13-14H2,1H3,(H,28,32,33). The van der Waals surface area contributed by atoms with Gasteiger partial charge in [-0.15, -0.1) is 0 Å². The molecular formula is C25H26F2N4O3. The van der Waals surface area contributed by atoms with Gasteiger partial charge in [-0.05, 0) is 48.7 Å². The van der Waals surface area contributed by atoms with E-state index in [1.54, 1.807) is 6.07 Å². The molecular weight excluding hydrogens is 442 g/mol. The Labute approximate surface area is 196 Å². The van der Waals surface area contributed by atoms with Crippen LogP contribution in [0.2, 0.25) is 0 Å². The molecule has 0 radical (unpaired) electrons. The Hall–Kier alpha value is -3.33. The second-order valence-electron chi connectivity index (χ2n) is 9.25. The van der Waals surface area contributed by atoms with Crippen LogP contribution in [0.25, 0.3) is 0 Å². The summed E-state index contributed by atoms with van der Waals surface area (Å²) >= 11 is 0. The molecule has 5 rings (SSSR count). The van der Waals surface area contributed by atoms with Crippen molar-refractivity contribution in [2.24, 2.45) is 0 Å². The minimum Gasteiger partial charge on any atom is -0.369 e. The lowest BCUT2D eigenvalue weighted by molar-refractivity contribution is -0.136. The summed E-state index contributed by atoms with van der Waals surface area (Å²) < 4.78 is 28.3. The van der Waals surface area contributed by atoms with Crippen LogP contribution in [-0.2, 0) is 22.7 Å². The van der Waals surface area contributed by atoms with Crippen molar-refractivity contribution in [2.45, 2.75) is 38.9 Å². The highest BCUT2D eigenvalue weighted by atomic mass is 19.1. The van der Waals surface area contributed by atoms with Gasteiger partial charge < -0.3 is 9.80 Å². The fourth-order valence-corrected chi connectivity index (χ4v) is 5.20. The molecule has 3 amide bonds. The van der Waals surface area contributed by atoms with Crippen LogP contribution in [0, 0.1) is 18.6 Å². The average molecular weight is 469 g/mol. The van der Waals surface area contributed by atoms with Gasteiger partial charge in [-0.25, -0.2) is 8.78 Å². The Bertz CT molecular complexity index is 1160. The van der Waals surface area contributed by atoms with Crippen molar-refractivity contribution in [3.8, 4) is 0 Å². The van der Waals surface area contributed by atoms with Gasteiger partial charge in [-0.1, -0.05) is 6.07 Å². The second kappa shape index (κ2) is 8.79. The fraction of sp³-hybridized carbons (Fsp3) is 0.400. The molecule has 0 spiro atoms. The minimum absolute atomic E-state index is 0.171. The summed E-state index contributed by atoms with van der Waals surface area (Å²) in [7, 11) is 0. The second-order valence-corrected chi connectivity index (χ2v) is 9.25. The summed E-state index contributed by atoms with van der Waals surface area (Å²) in [5.74, 6) is -1.95. The Morgan fingerprint density at radius 2 is 1.71 bits per heavy atom. The van der Waals surface area contributed by atoms with Crippen LogP contribution in [0.1, 0.15) is 39.9 Å². The average Bonchev–Trinajstić information content (AvgIpc) is 3.09. The van der Waals surface area contributed by atoms with Crippen LogP contribution in [-0.4, -0.2) is 59.7 Å². The molecule has 1 N–H and O–H groups in total. The summed E-state index contributed by atoms with van der Waals surface area (Å²) in [6.07, 6.45) is 0.436. The van der Waals surface area contributed by atoms with E-state index >= 15 is 0 Å². The maximum absolute atomic E-state index is 14.5. The predicted molar refractivity (Wildman–Crippen MR) is 121 cm³/mol. The number of carbonyl (C=O) groups is 3. The van der Waals surface area contributed by atoms with Gasteiger partial charge in [-0.2, -0.15) is 0 Å². The number of rotatable bonds is 4. The normalized spacial score (nSPS) is 21.1. The third-order valence-corrected chi connectivity index (χ3v) is 6.82. The van der Waals surface area contributed by atoms with E-state index in [2.05, 4.69) is 15.1 Å². The quantitative estimate of drug-likeness (QED) is 0.698. The highest BCUT2D eigenvalue weighted by Gasteiger charge is 2.41. The van der Waals surface area contributed by atoms with Gasteiger partial charge >= 0.3 is 0 Å². The first-order valence-electron chi connectivity index (χ1n) is 11.5. The number of piperidine rings is 1. The number of carbonyl (C=O) groups excluding carboxylic acids is 3. The SMILES string of the molecule is Cc1cc(F)cc(CN2CCN(c3cc(F)cc4c3CN(C3CCC(=O)NC3=O)C4=O)CC2)c1. The number of anilines is 1. The van der Waals surface area contributed by atoms with E-state index in [9.17, 15) is 23.2 Å². The number of fused-ring (bicyclic) bond motifs is 1. The molecule has 2 aromatic rings. The number of hydrogen-bond acceptors (Lipinski definition) is 5. The monoisotopic (exact) mass is 468 g/mol. The lowest BCUT2D eigenvalue weighted by Gasteiger charge is -2.37. The zero-order valence-electron chi connectivity index (χ0n) is 18.9. The Morgan fingerprint density at radius 1 is 0.971 bits per heavy atom. The van der Waals surface area contributed by atoms with Gasteiger partial charge in [0, 0.05) is 62.5 Å². The molecule has 0 saturated carbocycles. The minimum atomic E-state index is -0.736. The Balaban J connectivity index is 1.31. The zero-order valence-corrected chi connectivity index (χ0v) is 18.9. The molecule has 2 saturated heterocycles. The van der Waals surface area contributed by atoms with E-state index in [4.69, 9.17) is 0 Å². The summed E-state index contributed by atoms with van der Waals surface area (Å²) in [5.41, 5.74) is 3.46. The van der Waals surface area contributed by atoms with Crippen molar-refractivity contribution in [3.63, 3.8) is 0 Å². The van der Waals surface area contributed by atoms with Crippen LogP contribution in [0.15, 0.2) is 30.3 Å². The van der Waals surface area contributed by atoms with Crippen molar-refractivity contribution in [1.82, 2.24) is 15.1 Å². The molecule has 2 aromatic carbocycles. The van der Waals surface area contributed by atoms with Crippen LogP contribution < -0.4 is 10.2 Å². The highest BCUT2D eigenvalue weighted by molar-refractivity contribution is 6.06. The van der Waals surface area contributed by atoms with E-state index in [-0.39, 0.29) is 42.6 Å². The predicted octanol–water partition coefficient (Wildman–Crippen LogP) is 2.36. The number of nitrogens with zero attached hydrogens (tertiary/aromatic N) is 3. The molecule has 34 heavy (non-hydrogen) atoms. The van der Waals surface area contributed by atoms with E-state index in [0.29, 0.717) is 44.0 Å². The number of nitrogens with one attached hydrogen (secondary N) is 1. The lowest BCUT2D eigenvalue weighted by atomic mass is 10.0. The number of benzene rings is 2. The van der Waals surface area contributed by atoms with E-state index in [0.717, 1.165) is 11.1 Å². The van der Waals surface area contributed by atoms with Crippen molar-refractivity contribution < 1.29 is 23.2 Å². The third kappa shape index (κ3) is 4.27. The van der Waals surface area contributed by atoms with E-state index < -0.39 is 17.8 Å². The fourth-order valence-electron chi connectivity index (χ4n) is 5.20. The number of imide groups is 1. The first-order chi connectivity index (χ1) is 16.3. The molecule has 178 valence electrons. The van der Waals surface area contributed by atoms with Gasteiger partial charge in [0.1, 0.15) is 17.7 Å². The Morgan fingerprint density at radius 3 is 2.41 bits per heavy atom. The first kappa shape index (κ1) is 22.5. The maximum atomic E-state index is 14.5. The third-order valence-electron chi connectivity index (χ3n) is 6.82. The summed E-state index contributed by atoms with van der Waals surface area (Å²) in [6.45, 7) is 5.41. The van der Waals surface area contributed by atoms with Crippen LogP contribution in [0.4, 0.5) is 14.5 Å². The summed E-state index contributed by atoms with van der Waals surface area (Å²) in [4.78, 5) is 42.6. The van der Waals surface area contributed by atoms with Gasteiger partial charge in [0.15, 0.2) is 0 Å². The lowest BCUT2D eigenvalue weighted by Crippen LogP contribution is -2.52. The molecule has 0 aliphatic carbocycles. The highest BCUT2D eigenvalue weighted by Crippen LogP contribution is 2.35. The molecule has 0 bridgehead atoms. The Kier molecular flexibility index (Phi) is 5.81. The molecule has 0 aromatic heterocycles. The molecule has 3 aliphatic heterocycles. The van der Waals surface area contributed by atoms with Crippen LogP contribution in [0.5, 0.6) is 0 Å². The van der Waals surface area contributed by atoms with E-state index in [1.807, 2.05) is 13.0 Å². The molecule has 1 unspecified atom stereocenters. The van der Waals surface area contributed by atoms with Gasteiger partial charge in [-0.3, -0.25) is 24.6 Å². The molecule has 9 heteroatoms. The van der Waals surface area contributed by atoms with Gasteiger partial charge in [0.2, 0.25) is 11.8 Å². The van der Waals surface area contributed by atoms with Crippen molar-refractivity contribution >= 4 is 23.4 Å². The molecule has 1 atom stereocenters. The first-order valence-corrected chi connectivity index (χ1v) is 11.5. The number of piperazine rings is 1.